The standard InChI is InChI=1S/C14H16N2S/c1-10-7-11(15)9-12(8-10)16-13-5-3-4-6-14(13)17-2/h3-9,16H,15H2,1-2H3. The van der Waals surface area contributed by atoms with Crippen molar-refractivity contribution in [3.8, 4) is 0 Å². The SMILES string of the molecule is CSc1ccccc1Nc1cc(C)cc(N)c1. The molecule has 0 unspecified atom stereocenters. The van der Waals surface area contributed by atoms with E-state index in [9.17, 15) is 0 Å². The van der Waals surface area contributed by atoms with Gasteiger partial charge in [-0.05, 0) is 49.1 Å². The van der Waals surface area contributed by atoms with Crippen LogP contribution in [0.2, 0.25) is 0 Å². The predicted octanol–water partition coefficient (Wildman–Crippen LogP) is 4.04. The molecule has 2 rings (SSSR count). The molecule has 0 radical (unpaired) electrons. The number of thioether (sulfide) groups is 1. The minimum Gasteiger partial charge on any atom is -0.399 e. The molecule has 3 heteroatoms. The molecule has 0 heterocycles. The van der Waals surface area contributed by atoms with E-state index in [1.807, 2.05) is 31.2 Å². The number of nitrogen functional groups attached to an aromatic ring is 1. The maximum absolute atomic E-state index is 5.84. The molecule has 17 heavy (non-hydrogen) atoms. The first-order valence-corrected chi connectivity index (χ1v) is 6.69. The van der Waals surface area contributed by atoms with Crippen molar-refractivity contribution in [2.24, 2.45) is 0 Å². The summed E-state index contributed by atoms with van der Waals surface area (Å²) in [5, 5.41) is 3.40. The summed E-state index contributed by atoms with van der Waals surface area (Å²) >= 11 is 1.73. The van der Waals surface area contributed by atoms with Gasteiger partial charge in [0.1, 0.15) is 0 Å². The maximum Gasteiger partial charge on any atom is 0.0522 e. The van der Waals surface area contributed by atoms with Crippen molar-refractivity contribution in [1.82, 2.24) is 0 Å². The second-order valence-corrected chi connectivity index (χ2v) is 4.81. The molecule has 88 valence electrons. The summed E-state index contributed by atoms with van der Waals surface area (Å²) in [4.78, 5) is 1.23. The van der Waals surface area contributed by atoms with E-state index < -0.39 is 0 Å². The molecule has 2 nitrogen and oxygen atoms in total. The van der Waals surface area contributed by atoms with E-state index in [0.29, 0.717) is 0 Å². The predicted molar refractivity (Wildman–Crippen MR) is 77.1 cm³/mol. The summed E-state index contributed by atoms with van der Waals surface area (Å²) in [6.07, 6.45) is 2.07. The maximum atomic E-state index is 5.84. The topological polar surface area (TPSA) is 38.0 Å². The number of benzene rings is 2. The average Bonchev–Trinajstić information content (AvgIpc) is 2.28. The van der Waals surface area contributed by atoms with Crippen LogP contribution in [0.15, 0.2) is 47.4 Å². The molecule has 0 amide bonds. The number of nitrogens with two attached hydrogens (primary N) is 1. The molecule has 0 aliphatic rings. The molecule has 0 bridgehead atoms. The molecule has 0 aromatic heterocycles. The van der Waals surface area contributed by atoms with Crippen LogP contribution in [0.5, 0.6) is 0 Å². The lowest BCUT2D eigenvalue weighted by Gasteiger charge is -2.11. The molecular weight excluding hydrogens is 228 g/mol. The highest BCUT2D eigenvalue weighted by Crippen LogP contribution is 2.28. The van der Waals surface area contributed by atoms with E-state index >= 15 is 0 Å². The highest BCUT2D eigenvalue weighted by molar-refractivity contribution is 7.98. The molecule has 2 aromatic carbocycles. The Kier molecular flexibility index (Phi) is 3.59. The van der Waals surface area contributed by atoms with E-state index in [-0.39, 0.29) is 0 Å². The third-order valence-corrected chi connectivity index (χ3v) is 3.28. The minimum absolute atomic E-state index is 0.786. The summed E-state index contributed by atoms with van der Waals surface area (Å²) in [6, 6.07) is 14.3. The average molecular weight is 244 g/mol. The van der Waals surface area contributed by atoms with E-state index in [0.717, 1.165) is 22.6 Å². The summed E-state index contributed by atoms with van der Waals surface area (Å²) < 4.78 is 0. The number of anilines is 3. The van der Waals surface area contributed by atoms with Crippen molar-refractivity contribution in [2.45, 2.75) is 11.8 Å². The number of hydrogen-bond donors (Lipinski definition) is 2. The van der Waals surface area contributed by atoms with Crippen molar-refractivity contribution in [2.75, 3.05) is 17.3 Å². The van der Waals surface area contributed by atoms with Crippen LogP contribution in [0.4, 0.5) is 17.1 Å². The van der Waals surface area contributed by atoms with Crippen molar-refractivity contribution in [1.29, 1.82) is 0 Å². The number of hydrogen-bond acceptors (Lipinski definition) is 3. The Bertz CT molecular complexity index is 503. The molecule has 3 N–H and O–H groups in total. The number of nitrogens with one attached hydrogen (secondary N) is 1. The van der Waals surface area contributed by atoms with Crippen LogP contribution in [0, 0.1) is 6.92 Å². The van der Waals surface area contributed by atoms with Gasteiger partial charge in [-0.2, -0.15) is 0 Å². The summed E-state index contributed by atoms with van der Waals surface area (Å²) in [6.45, 7) is 2.04. The quantitative estimate of drug-likeness (QED) is 0.632. The van der Waals surface area contributed by atoms with Crippen molar-refractivity contribution in [3.05, 3.63) is 48.0 Å². The lowest BCUT2D eigenvalue weighted by molar-refractivity contribution is 1.40. The molecule has 0 saturated carbocycles. The van der Waals surface area contributed by atoms with Gasteiger partial charge in [-0.3, -0.25) is 0 Å². The van der Waals surface area contributed by atoms with Crippen molar-refractivity contribution < 1.29 is 0 Å². The van der Waals surface area contributed by atoms with Crippen LogP contribution in [0.25, 0.3) is 0 Å². The number of rotatable bonds is 3. The Morgan fingerprint density at radius 1 is 1.12 bits per heavy atom. The second-order valence-electron chi connectivity index (χ2n) is 3.96. The zero-order chi connectivity index (χ0) is 12.3. The zero-order valence-electron chi connectivity index (χ0n) is 10.0. The highest BCUT2D eigenvalue weighted by Gasteiger charge is 2.01. The molecule has 0 spiro atoms. The lowest BCUT2D eigenvalue weighted by Crippen LogP contribution is -1.94. The molecule has 0 saturated heterocycles. The van der Waals surface area contributed by atoms with Gasteiger partial charge >= 0.3 is 0 Å². The highest BCUT2D eigenvalue weighted by atomic mass is 32.2. The summed E-state index contributed by atoms with van der Waals surface area (Å²) in [5.41, 5.74) is 9.93. The van der Waals surface area contributed by atoms with E-state index in [2.05, 4.69) is 29.8 Å². The van der Waals surface area contributed by atoms with Crippen molar-refractivity contribution >= 4 is 28.8 Å². The van der Waals surface area contributed by atoms with Crippen LogP contribution in [0.1, 0.15) is 5.56 Å². The normalized spacial score (nSPS) is 10.2. The lowest BCUT2D eigenvalue weighted by atomic mass is 10.2. The van der Waals surface area contributed by atoms with E-state index in [4.69, 9.17) is 5.73 Å². The molecule has 0 fully saturated rings. The van der Waals surface area contributed by atoms with E-state index in [1.54, 1.807) is 11.8 Å². The fourth-order valence-electron chi connectivity index (χ4n) is 1.79. The smallest absolute Gasteiger partial charge is 0.0522 e. The molecular formula is C14H16N2S. The van der Waals surface area contributed by atoms with Crippen LogP contribution in [0.3, 0.4) is 0 Å². The van der Waals surface area contributed by atoms with Gasteiger partial charge in [0, 0.05) is 16.3 Å². The molecule has 2 aromatic rings. The first-order chi connectivity index (χ1) is 8.19. The summed E-state index contributed by atoms with van der Waals surface area (Å²) in [7, 11) is 0. The van der Waals surface area contributed by atoms with Gasteiger partial charge in [0.2, 0.25) is 0 Å². The van der Waals surface area contributed by atoms with Gasteiger partial charge in [0.25, 0.3) is 0 Å². The molecule has 0 atom stereocenters. The van der Waals surface area contributed by atoms with Crippen LogP contribution in [-0.2, 0) is 0 Å². The number of aryl methyl sites for hydroxylation is 1. The van der Waals surface area contributed by atoms with Gasteiger partial charge in [-0.25, -0.2) is 0 Å². The second kappa shape index (κ2) is 5.15. The van der Waals surface area contributed by atoms with Gasteiger partial charge in [0.05, 0.1) is 5.69 Å². The van der Waals surface area contributed by atoms with Gasteiger partial charge in [0.15, 0.2) is 0 Å². The Hall–Kier alpha value is -1.61. The van der Waals surface area contributed by atoms with Gasteiger partial charge in [-0.1, -0.05) is 12.1 Å². The fraction of sp³-hybridized carbons (Fsp3) is 0.143. The van der Waals surface area contributed by atoms with Crippen LogP contribution in [-0.4, -0.2) is 6.26 Å². The zero-order valence-corrected chi connectivity index (χ0v) is 10.8. The Morgan fingerprint density at radius 3 is 2.59 bits per heavy atom. The monoisotopic (exact) mass is 244 g/mol. The van der Waals surface area contributed by atoms with Gasteiger partial charge in [-0.15, -0.1) is 11.8 Å². The Morgan fingerprint density at radius 2 is 1.88 bits per heavy atom. The first-order valence-electron chi connectivity index (χ1n) is 5.46. The molecule has 0 aliphatic carbocycles. The van der Waals surface area contributed by atoms with E-state index in [1.165, 1.54) is 4.90 Å². The van der Waals surface area contributed by atoms with Crippen LogP contribution < -0.4 is 11.1 Å². The largest absolute Gasteiger partial charge is 0.399 e. The first kappa shape index (κ1) is 11.9. The Labute approximate surface area is 106 Å². The fourth-order valence-corrected chi connectivity index (χ4v) is 2.34. The summed E-state index contributed by atoms with van der Waals surface area (Å²) in [5.74, 6) is 0. The van der Waals surface area contributed by atoms with Crippen LogP contribution >= 0.6 is 11.8 Å². The van der Waals surface area contributed by atoms with Gasteiger partial charge < -0.3 is 11.1 Å². The minimum atomic E-state index is 0.786. The molecule has 0 aliphatic heterocycles. The van der Waals surface area contributed by atoms with Crippen molar-refractivity contribution in [3.63, 3.8) is 0 Å². The number of para-hydroxylation sites is 1. The third kappa shape index (κ3) is 2.94. The Balaban J connectivity index is 2.31. The third-order valence-electron chi connectivity index (χ3n) is 2.49.